The summed E-state index contributed by atoms with van der Waals surface area (Å²) in [5.41, 5.74) is 2.75. The van der Waals surface area contributed by atoms with Crippen LogP contribution in [-0.2, 0) is 81.6 Å². The van der Waals surface area contributed by atoms with Crippen molar-refractivity contribution in [3.63, 3.8) is 0 Å². The van der Waals surface area contributed by atoms with Crippen LogP contribution in [0, 0.1) is 0 Å². The first-order valence-corrected chi connectivity index (χ1v) is 17.1. The molecule has 0 bridgehead atoms. The van der Waals surface area contributed by atoms with Gasteiger partial charge in [-0.3, -0.25) is 14.4 Å². The fourth-order valence-corrected chi connectivity index (χ4v) is 6.12. The molecule has 0 radical (unpaired) electrons. The maximum absolute atomic E-state index is 12.5. The molecule has 0 spiro atoms. The molecule has 2 aliphatic heterocycles. The van der Waals surface area contributed by atoms with Gasteiger partial charge in [-0.05, 0) is 16.7 Å². The van der Waals surface area contributed by atoms with Crippen molar-refractivity contribution in [2.75, 3.05) is 20.3 Å². The van der Waals surface area contributed by atoms with Gasteiger partial charge < -0.3 is 47.4 Å². The molecule has 280 valence electrons. The predicted octanol–water partition coefficient (Wildman–Crippen LogP) is 4.28. The number of rotatable bonds is 16. The average Bonchev–Trinajstić information content (AvgIpc) is 3.13. The van der Waals surface area contributed by atoms with E-state index in [2.05, 4.69) is 0 Å². The van der Waals surface area contributed by atoms with Crippen LogP contribution in [0.5, 0.6) is 0 Å². The monoisotopic (exact) mass is 722 g/mol. The average molecular weight is 723 g/mol. The number of ether oxygens (including phenoxy) is 10. The zero-order valence-electron chi connectivity index (χ0n) is 29.7. The molecule has 0 saturated carbocycles. The van der Waals surface area contributed by atoms with Crippen LogP contribution in [0.1, 0.15) is 37.5 Å². The van der Waals surface area contributed by atoms with Gasteiger partial charge >= 0.3 is 17.9 Å². The summed E-state index contributed by atoms with van der Waals surface area (Å²) in [5.74, 6) is -2.03. The molecule has 52 heavy (non-hydrogen) atoms. The van der Waals surface area contributed by atoms with Crippen LogP contribution < -0.4 is 0 Å². The van der Waals surface area contributed by atoms with Gasteiger partial charge in [0.15, 0.2) is 30.9 Å². The summed E-state index contributed by atoms with van der Waals surface area (Å²) >= 11 is 0. The molecule has 2 saturated heterocycles. The summed E-state index contributed by atoms with van der Waals surface area (Å²) in [6.07, 6.45) is -9.50. The lowest BCUT2D eigenvalue weighted by Gasteiger charge is -2.48. The van der Waals surface area contributed by atoms with E-state index < -0.39 is 73.2 Å². The molecule has 9 atom stereocenters. The second-order valence-corrected chi connectivity index (χ2v) is 12.4. The van der Waals surface area contributed by atoms with Gasteiger partial charge in [0, 0.05) is 27.9 Å². The fourth-order valence-electron chi connectivity index (χ4n) is 6.12. The number of hydrogen-bond donors (Lipinski definition) is 0. The van der Waals surface area contributed by atoms with E-state index in [0.29, 0.717) is 6.61 Å². The lowest BCUT2D eigenvalue weighted by atomic mass is 9.97. The first kappa shape index (κ1) is 39.0. The van der Waals surface area contributed by atoms with Gasteiger partial charge in [-0.25, -0.2) is 0 Å². The molecule has 3 aromatic rings. The molecule has 2 fully saturated rings. The highest BCUT2D eigenvalue weighted by Crippen LogP contribution is 2.34. The highest BCUT2D eigenvalue weighted by atomic mass is 16.8. The summed E-state index contributed by atoms with van der Waals surface area (Å²) < 4.78 is 61.1. The quantitative estimate of drug-likeness (QED) is 0.153. The number of carbonyl (C=O) groups excluding carboxylic acids is 3. The first-order valence-electron chi connectivity index (χ1n) is 17.1. The molecule has 0 aromatic heterocycles. The van der Waals surface area contributed by atoms with Crippen molar-refractivity contribution < 1.29 is 61.8 Å². The Bertz CT molecular complexity index is 1540. The van der Waals surface area contributed by atoms with Gasteiger partial charge in [-0.15, -0.1) is 0 Å². The van der Waals surface area contributed by atoms with Crippen molar-refractivity contribution in [1.29, 1.82) is 0 Å². The van der Waals surface area contributed by atoms with Crippen LogP contribution in [0.2, 0.25) is 0 Å². The summed E-state index contributed by atoms with van der Waals surface area (Å²) in [6, 6.07) is 28.8. The molecule has 0 unspecified atom stereocenters. The number of hydrogen-bond acceptors (Lipinski definition) is 13. The van der Waals surface area contributed by atoms with E-state index >= 15 is 0 Å². The Morgan fingerprint density at radius 1 is 0.596 bits per heavy atom. The predicted molar refractivity (Wildman–Crippen MR) is 183 cm³/mol. The van der Waals surface area contributed by atoms with Crippen molar-refractivity contribution in [2.45, 2.75) is 95.9 Å². The third-order valence-electron chi connectivity index (χ3n) is 8.38. The van der Waals surface area contributed by atoms with E-state index in [0.717, 1.165) is 16.7 Å². The Morgan fingerprint density at radius 3 is 1.62 bits per heavy atom. The smallest absolute Gasteiger partial charge is 0.303 e. The largest absolute Gasteiger partial charge is 0.456 e. The number of carbonyl (C=O) groups is 3. The van der Waals surface area contributed by atoms with Crippen molar-refractivity contribution in [3.8, 4) is 0 Å². The molecule has 0 amide bonds. The van der Waals surface area contributed by atoms with E-state index in [4.69, 9.17) is 47.4 Å². The van der Waals surface area contributed by atoms with Gasteiger partial charge in [0.25, 0.3) is 0 Å². The van der Waals surface area contributed by atoms with Crippen LogP contribution in [0.25, 0.3) is 0 Å². The minimum absolute atomic E-state index is 0.0863. The number of benzene rings is 3. The summed E-state index contributed by atoms with van der Waals surface area (Å²) in [6.45, 7) is 4.12. The Balaban J connectivity index is 1.50. The van der Waals surface area contributed by atoms with Crippen molar-refractivity contribution in [2.24, 2.45) is 0 Å². The van der Waals surface area contributed by atoms with Gasteiger partial charge in [0.2, 0.25) is 0 Å². The molecule has 13 nitrogen and oxygen atoms in total. The summed E-state index contributed by atoms with van der Waals surface area (Å²) in [4.78, 5) is 36.7. The molecule has 13 heteroatoms. The third kappa shape index (κ3) is 11.1. The second-order valence-electron chi connectivity index (χ2n) is 12.4. The Hall–Kier alpha value is -4.21. The lowest BCUT2D eigenvalue weighted by molar-refractivity contribution is -0.359. The standard InChI is InChI=1S/C39H46O13/c1-25(40)48-32-24-47-39(37(50-27(3)42)34(32)49-26(2)41)52-35-33(45-21-29-16-10-6-11-17-29)31(23-44-20-28-14-8-5-9-15-28)51-38(43-4)36(35)46-22-30-18-12-7-13-19-30/h5-19,31-39H,20-24H2,1-4H3/t31-,32+,33-,34+,35+,36-,37-,38+,39-/m1/s1. The van der Waals surface area contributed by atoms with E-state index in [9.17, 15) is 14.4 Å². The van der Waals surface area contributed by atoms with Crippen LogP contribution in [0.4, 0.5) is 0 Å². The molecule has 0 N–H and O–H groups in total. The molecule has 3 aromatic carbocycles. The molecule has 5 rings (SSSR count). The van der Waals surface area contributed by atoms with E-state index in [1.807, 2.05) is 91.0 Å². The SMILES string of the molecule is CO[C@H]1O[C@H](COCc2ccccc2)[C@@H](OCc2ccccc2)[C@H](O[C@H]2OC[C@H](OC(C)=O)[C@H](OC(C)=O)[C@H]2OC(C)=O)[C@H]1OCc1ccccc1. The highest BCUT2D eigenvalue weighted by molar-refractivity contribution is 5.68. The Kier molecular flexibility index (Phi) is 14.7. The number of esters is 3. The van der Waals surface area contributed by atoms with Gasteiger partial charge in [0.1, 0.15) is 24.4 Å². The maximum atomic E-state index is 12.5. The maximum Gasteiger partial charge on any atom is 0.303 e. The van der Waals surface area contributed by atoms with Crippen molar-refractivity contribution >= 4 is 17.9 Å². The second kappa shape index (κ2) is 19.6. The van der Waals surface area contributed by atoms with Gasteiger partial charge in [0.05, 0.1) is 33.0 Å². The summed E-state index contributed by atoms with van der Waals surface area (Å²) in [5, 5.41) is 0. The molecule has 2 aliphatic rings. The summed E-state index contributed by atoms with van der Waals surface area (Å²) in [7, 11) is 1.49. The Morgan fingerprint density at radius 2 is 1.10 bits per heavy atom. The molecular weight excluding hydrogens is 676 g/mol. The topological polar surface area (TPSA) is 144 Å². The van der Waals surface area contributed by atoms with Crippen molar-refractivity contribution in [1.82, 2.24) is 0 Å². The van der Waals surface area contributed by atoms with Crippen LogP contribution in [0.3, 0.4) is 0 Å². The molecule has 0 aliphatic carbocycles. The first-order chi connectivity index (χ1) is 25.2. The van der Waals surface area contributed by atoms with Gasteiger partial charge in [-0.2, -0.15) is 0 Å². The van der Waals surface area contributed by atoms with Crippen LogP contribution >= 0.6 is 0 Å². The van der Waals surface area contributed by atoms with E-state index in [-0.39, 0.29) is 26.4 Å². The highest BCUT2D eigenvalue weighted by Gasteiger charge is 2.54. The van der Waals surface area contributed by atoms with E-state index in [1.165, 1.54) is 27.9 Å². The van der Waals surface area contributed by atoms with E-state index in [1.54, 1.807) is 0 Å². The number of methoxy groups -OCH3 is 1. The molecular formula is C39H46O13. The normalized spacial score (nSPS) is 27.3. The molecule has 2 heterocycles. The van der Waals surface area contributed by atoms with Gasteiger partial charge in [-0.1, -0.05) is 91.0 Å². The zero-order chi connectivity index (χ0) is 36.9. The van der Waals surface area contributed by atoms with Crippen molar-refractivity contribution in [3.05, 3.63) is 108 Å². The van der Waals surface area contributed by atoms with Crippen LogP contribution in [-0.4, -0.2) is 93.5 Å². The minimum Gasteiger partial charge on any atom is -0.456 e. The fraction of sp³-hybridized carbons (Fsp3) is 0.462. The minimum atomic E-state index is -1.35. The van der Waals surface area contributed by atoms with Crippen LogP contribution in [0.15, 0.2) is 91.0 Å². The third-order valence-corrected chi connectivity index (χ3v) is 8.38. The Labute approximate surface area is 303 Å². The zero-order valence-corrected chi connectivity index (χ0v) is 29.7. The lowest BCUT2D eigenvalue weighted by Crippen LogP contribution is -2.65.